The molecule has 0 saturated heterocycles. The number of rotatable bonds is 3. The Bertz CT molecular complexity index is 1490. The Balaban J connectivity index is 1.95. The molecule has 1 aromatic heterocycles. The third kappa shape index (κ3) is 2.62. The largest absolute Gasteiger partial charge is 0.468 e. The first-order valence-electron chi connectivity index (χ1n) is 10.2. The van der Waals surface area contributed by atoms with Crippen LogP contribution < -0.4 is 21.0 Å². The van der Waals surface area contributed by atoms with Crippen LogP contribution in [-0.2, 0) is 29.3 Å². The fourth-order valence-corrected chi connectivity index (χ4v) is 4.66. The quantitative estimate of drug-likeness (QED) is 0.451. The van der Waals surface area contributed by atoms with E-state index in [-0.39, 0.29) is 28.0 Å². The maximum Gasteiger partial charge on any atom is 0.345 e. The van der Waals surface area contributed by atoms with Crippen LogP contribution in [0.5, 0.6) is 5.75 Å². The SMILES string of the molecule is COC(=O)CN1C(=O)[C@@]2(C(C(=O)OC)=C(N)Oc3c2c(=O)oc2ccccc32)c2ccccc21. The molecule has 3 aromatic rings. The average Bonchev–Trinajstić information content (AvgIpc) is 3.07. The van der Waals surface area contributed by atoms with E-state index in [1.165, 1.54) is 7.11 Å². The van der Waals surface area contributed by atoms with Gasteiger partial charge in [0.05, 0.1) is 19.6 Å². The summed E-state index contributed by atoms with van der Waals surface area (Å²) in [5.41, 5.74) is 3.40. The molecule has 2 N–H and O–H groups in total. The number of anilines is 1. The predicted octanol–water partition coefficient (Wildman–Crippen LogP) is 1.33. The van der Waals surface area contributed by atoms with Gasteiger partial charge in [0.2, 0.25) is 11.8 Å². The number of hydrogen-bond acceptors (Lipinski definition) is 9. The molecule has 0 radical (unpaired) electrons. The summed E-state index contributed by atoms with van der Waals surface area (Å²) in [7, 11) is 2.30. The Morgan fingerprint density at radius 3 is 2.47 bits per heavy atom. The highest BCUT2D eigenvalue weighted by Crippen LogP contribution is 2.55. The monoisotopic (exact) mass is 462 g/mol. The van der Waals surface area contributed by atoms with Gasteiger partial charge < -0.3 is 24.4 Å². The van der Waals surface area contributed by atoms with E-state index in [4.69, 9.17) is 24.4 Å². The van der Waals surface area contributed by atoms with Gasteiger partial charge in [-0.05, 0) is 18.2 Å². The fourth-order valence-electron chi connectivity index (χ4n) is 4.66. The number of esters is 2. The number of carbonyl (C=O) groups is 3. The molecule has 1 amide bonds. The molecule has 0 unspecified atom stereocenters. The summed E-state index contributed by atoms with van der Waals surface area (Å²) in [6.45, 7) is -0.461. The van der Waals surface area contributed by atoms with Crippen molar-refractivity contribution in [3.63, 3.8) is 0 Å². The summed E-state index contributed by atoms with van der Waals surface area (Å²) < 4.78 is 21.0. The fraction of sp³-hybridized carbons (Fsp3) is 0.167. The molecule has 10 nitrogen and oxygen atoms in total. The van der Waals surface area contributed by atoms with E-state index >= 15 is 0 Å². The normalized spacial score (nSPS) is 18.5. The smallest absolute Gasteiger partial charge is 0.345 e. The molecule has 34 heavy (non-hydrogen) atoms. The molecular weight excluding hydrogens is 444 g/mol. The zero-order valence-electron chi connectivity index (χ0n) is 18.1. The van der Waals surface area contributed by atoms with Gasteiger partial charge in [-0.3, -0.25) is 14.5 Å². The maximum atomic E-state index is 14.2. The second-order valence-corrected chi connectivity index (χ2v) is 7.66. The van der Waals surface area contributed by atoms with Crippen LogP contribution in [-0.4, -0.2) is 38.6 Å². The molecule has 1 atom stereocenters. The van der Waals surface area contributed by atoms with Gasteiger partial charge in [0.15, 0.2) is 5.75 Å². The Hall–Kier alpha value is -4.60. The van der Waals surface area contributed by atoms with E-state index < -0.39 is 41.3 Å². The minimum absolute atomic E-state index is 0.0138. The summed E-state index contributed by atoms with van der Waals surface area (Å²) in [5.74, 6) is -2.86. The van der Waals surface area contributed by atoms with Crippen LogP contribution in [0.2, 0.25) is 0 Å². The molecule has 0 bridgehead atoms. The number of fused-ring (bicyclic) bond motifs is 6. The number of carbonyl (C=O) groups excluding carboxylic acids is 3. The number of nitrogens with two attached hydrogens (primary N) is 1. The van der Waals surface area contributed by atoms with Crippen LogP contribution in [0.4, 0.5) is 5.69 Å². The standard InChI is InChI=1S/C24H18N2O8/c1-31-16(27)11-26-14-9-5-4-8-13(14)24(23(26)30)17-19(34-20(25)18(24)21(28)32-2)12-7-3-6-10-15(12)33-22(17)29/h3-10H,11,25H2,1-2H3/t24-/m0/s1. The first-order chi connectivity index (χ1) is 16.4. The Labute approximate surface area is 192 Å². The molecule has 1 spiro atoms. The maximum absolute atomic E-state index is 14.2. The van der Waals surface area contributed by atoms with Crippen molar-refractivity contribution in [1.29, 1.82) is 0 Å². The first-order valence-corrected chi connectivity index (χ1v) is 10.2. The molecular formula is C24H18N2O8. The van der Waals surface area contributed by atoms with Crippen molar-refractivity contribution in [3.8, 4) is 5.75 Å². The van der Waals surface area contributed by atoms with E-state index in [0.29, 0.717) is 11.1 Å². The van der Waals surface area contributed by atoms with Gasteiger partial charge in [0, 0.05) is 11.3 Å². The highest BCUT2D eigenvalue weighted by Gasteiger charge is 2.63. The molecule has 0 saturated carbocycles. The van der Waals surface area contributed by atoms with Crippen LogP contribution in [0, 0.1) is 0 Å². The van der Waals surface area contributed by atoms with E-state index in [2.05, 4.69) is 0 Å². The van der Waals surface area contributed by atoms with Gasteiger partial charge in [-0.1, -0.05) is 30.3 Å². The topological polar surface area (TPSA) is 138 Å². The van der Waals surface area contributed by atoms with Crippen molar-refractivity contribution in [2.24, 2.45) is 5.73 Å². The molecule has 5 rings (SSSR count). The lowest BCUT2D eigenvalue weighted by molar-refractivity contribution is -0.140. The molecule has 10 heteroatoms. The third-order valence-corrected chi connectivity index (χ3v) is 6.04. The van der Waals surface area contributed by atoms with E-state index in [1.807, 2.05) is 0 Å². The Kier molecular flexibility index (Phi) is 4.67. The minimum Gasteiger partial charge on any atom is -0.468 e. The summed E-state index contributed by atoms with van der Waals surface area (Å²) in [6, 6.07) is 13.0. The van der Waals surface area contributed by atoms with Crippen LogP contribution in [0.15, 0.2) is 69.2 Å². The second-order valence-electron chi connectivity index (χ2n) is 7.66. The van der Waals surface area contributed by atoms with Crippen LogP contribution in [0.3, 0.4) is 0 Å². The third-order valence-electron chi connectivity index (χ3n) is 6.04. The van der Waals surface area contributed by atoms with Crippen molar-refractivity contribution in [2.45, 2.75) is 5.41 Å². The number of ether oxygens (including phenoxy) is 3. The Morgan fingerprint density at radius 1 is 1.03 bits per heavy atom. The molecule has 0 fully saturated rings. The first kappa shape index (κ1) is 21.3. The summed E-state index contributed by atoms with van der Waals surface area (Å²) in [6.07, 6.45) is 0. The molecule has 172 valence electrons. The lowest BCUT2D eigenvalue weighted by Crippen LogP contribution is -2.51. The highest BCUT2D eigenvalue weighted by atomic mass is 16.5. The predicted molar refractivity (Wildman–Crippen MR) is 118 cm³/mol. The van der Waals surface area contributed by atoms with Gasteiger partial charge in [0.25, 0.3) is 0 Å². The van der Waals surface area contributed by atoms with Gasteiger partial charge in [-0.2, -0.15) is 0 Å². The number of benzene rings is 2. The molecule has 3 heterocycles. The lowest BCUT2D eigenvalue weighted by atomic mass is 9.68. The molecule has 2 aliphatic heterocycles. The number of methoxy groups -OCH3 is 2. The average molecular weight is 462 g/mol. The second kappa shape index (κ2) is 7.48. The lowest BCUT2D eigenvalue weighted by Gasteiger charge is -2.35. The minimum atomic E-state index is -2.07. The Morgan fingerprint density at radius 2 is 1.74 bits per heavy atom. The molecule has 2 aliphatic rings. The van der Waals surface area contributed by atoms with E-state index in [0.717, 1.165) is 12.0 Å². The zero-order chi connectivity index (χ0) is 24.2. The molecule has 0 aliphatic carbocycles. The van der Waals surface area contributed by atoms with Crippen molar-refractivity contribution in [1.82, 2.24) is 0 Å². The van der Waals surface area contributed by atoms with Crippen molar-refractivity contribution in [3.05, 3.63) is 81.5 Å². The van der Waals surface area contributed by atoms with Crippen LogP contribution >= 0.6 is 0 Å². The zero-order valence-corrected chi connectivity index (χ0v) is 18.1. The van der Waals surface area contributed by atoms with Gasteiger partial charge in [-0.15, -0.1) is 0 Å². The molecule has 2 aromatic carbocycles. The van der Waals surface area contributed by atoms with Crippen LogP contribution in [0.25, 0.3) is 11.0 Å². The van der Waals surface area contributed by atoms with Gasteiger partial charge in [-0.25, -0.2) is 9.59 Å². The van der Waals surface area contributed by atoms with Crippen molar-refractivity contribution in [2.75, 3.05) is 25.7 Å². The highest BCUT2D eigenvalue weighted by molar-refractivity contribution is 6.20. The van der Waals surface area contributed by atoms with E-state index in [9.17, 15) is 19.2 Å². The van der Waals surface area contributed by atoms with E-state index in [1.54, 1.807) is 48.5 Å². The number of para-hydroxylation sites is 2. The van der Waals surface area contributed by atoms with Crippen molar-refractivity contribution < 1.29 is 33.0 Å². The summed E-state index contributed by atoms with van der Waals surface area (Å²) >= 11 is 0. The van der Waals surface area contributed by atoms with Gasteiger partial charge >= 0.3 is 17.6 Å². The van der Waals surface area contributed by atoms with Crippen molar-refractivity contribution >= 4 is 34.5 Å². The number of nitrogens with zero attached hydrogens (tertiary/aromatic N) is 1. The summed E-state index contributed by atoms with van der Waals surface area (Å²) in [5, 5.41) is 0.375. The summed E-state index contributed by atoms with van der Waals surface area (Å²) in [4.78, 5) is 54.0. The van der Waals surface area contributed by atoms with Crippen LogP contribution in [0.1, 0.15) is 11.1 Å². The van der Waals surface area contributed by atoms with Gasteiger partial charge in [0.1, 0.15) is 28.7 Å². The number of hydrogen-bond donors (Lipinski definition) is 1. The number of amides is 1.